The molecule has 2 saturated heterocycles. The van der Waals surface area contributed by atoms with E-state index in [1.807, 2.05) is 28.9 Å². The van der Waals surface area contributed by atoms with Gasteiger partial charge in [0.05, 0.1) is 5.92 Å². The lowest BCUT2D eigenvalue weighted by atomic mass is 9.69. The van der Waals surface area contributed by atoms with Crippen molar-refractivity contribution in [1.29, 1.82) is 0 Å². The van der Waals surface area contributed by atoms with Crippen LogP contribution >= 0.6 is 0 Å². The van der Waals surface area contributed by atoms with Crippen LogP contribution < -0.4 is 14.4 Å². The number of nitrogens with zero attached hydrogens (tertiary/aromatic N) is 6. The number of piperazine rings is 1. The fourth-order valence-electron chi connectivity index (χ4n) is 7.56. The van der Waals surface area contributed by atoms with Gasteiger partial charge in [0.15, 0.2) is 17.1 Å². The summed E-state index contributed by atoms with van der Waals surface area (Å²) in [5.41, 5.74) is 2.14. The molecule has 4 atom stereocenters. The second-order valence-electron chi connectivity index (χ2n) is 12.3. The van der Waals surface area contributed by atoms with E-state index in [4.69, 9.17) is 14.6 Å². The van der Waals surface area contributed by atoms with Crippen molar-refractivity contribution >= 4 is 17.4 Å². The summed E-state index contributed by atoms with van der Waals surface area (Å²) in [7, 11) is 0. The SMILES string of the molecule is CC(Cc1ccc2c(c1)OCO2)CN1CC2CCCCC2C(C(=O)N2CCN(c3ccc4nccn4n3)CC2)C1. The number of carbonyl (C=O) groups is 1. The molecule has 3 fully saturated rings. The van der Waals surface area contributed by atoms with Crippen LogP contribution in [0.2, 0.25) is 0 Å². The van der Waals surface area contributed by atoms with Gasteiger partial charge in [0.2, 0.25) is 12.7 Å². The molecule has 1 aromatic carbocycles. The molecule has 7 rings (SSSR count). The van der Waals surface area contributed by atoms with Crippen molar-refractivity contribution < 1.29 is 14.3 Å². The first kappa shape index (κ1) is 25.6. The predicted octanol–water partition coefficient (Wildman–Crippen LogP) is 3.72. The van der Waals surface area contributed by atoms with E-state index in [-0.39, 0.29) is 5.92 Å². The van der Waals surface area contributed by atoms with Crippen LogP contribution in [0.15, 0.2) is 42.7 Å². The Bertz CT molecular complexity index is 1350. The third kappa shape index (κ3) is 5.11. The lowest BCUT2D eigenvalue weighted by Crippen LogP contribution is -2.57. The number of piperidine rings is 1. The van der Waals surface area contributed by atoms with Gasteiger partial charge in [-0.2, -0.15) is 0 Å². The highest BCUT2D eigenvalue weighted by molar-refractivity contribution is 5.80. The summed E-state index contributed by atoms with van der Waals surface area (Å²) in [6, 6.07) is 10.4. The van der Waals surface area contributed by atoms with Crippen molar-refractivity contribution in [3.05, 3.63) is 48.3 Å². The lowest BCUT2D eigenvalue weighted by molar-refractivity contribution is -0.142. The van der Waals surface area contributed by atoms with Crippen molar-refractivity contribution in [1.82, 2.24) is 24.4 Å². The molecular weight excluding hydrogens is 504 g/mol. The molecule has 3 aliphatic heterocycles. The maximum atomic E-state index is 14.0. The number of hydrogen-bond donors (Lipinski definition) is 0. The van der Waals surface area contributed by atoms with Gasteiger partial charge in [0.1, 0.15) is 5.82 Å². The van der Waals surface area contributed by atoms with Crippen LogP contribution in [0.25, 0.3) is 5.65 Å². The van der Waals surface area contributed by atoms with Gasteiger partial charge in [-0.3, -0.25) is 4.79 Å². The molecule has 5 heterocycles. The largest absolute Gasteiger partial charge is 0.454 e. The molecule has 4 aliphatic rings. The minimum Gasteiger partial charge on any atom is -0.454 e. The van der Waals surface area contributed by atoms with Crippen LogP contribution in [0.1, 0.15) is 38.2 Å². The number of amides is 1. The highest BCUT2D eigenvalue weighted by Gasteiger charge is 2.43. The highest BCUT2D eigenvalue weighted by Crippen LogP contribution is 2.41. The third-order valence-electron chi connectivity index (χ3n) is 9.50. The molecule has 2 aromatic heterocycles. The van der Waals surface area contributed by atoms with Gasteiger partial charge in [-0.25, -0.2) is 9.50 Å². The maximum absolute atomic E-state index is 14.0. The average Bonchev–Trinajstić information content (AvgIpc) is 3.65. The molecule has 3 aromatic rings. The summed E-state index contributed by atoms with van der Waals surface area (Å²) < 4.78 is 12.9. The zero-order chi connectivity index (χ0) is 27.1. The summed E-state index contributed by atoms with van der Waals surface area (Å²) in [6.07, 6.45) is 9.68. The van der Waals surface area contributed by atoms with E-state index < -0.39 is 0 Å². The van der Waals surface area contributed by atoms with Gasteiger partial charge in [-0.1, -0.05) is 25.8 Å². The lowest BCUT2D eigenvalue weighted by Gasteiger charge is -2.48. The Kier molecular flexibility index (Phi) is 6.99. The molecule has 40 heavy (non-hydrogen) atoms. The van der Waals surface area contributed by atoms with Crippen LogP contribution in [0.4, 0.5) is 5.82 Å². The second kappa shape index (κ2) is 10.9. The molecular formula is C31H40N6O3. The zero-order valence-corrected chi connectivity index (χ0v) is 23.5. The fraction of sp³-hybridized carbons (Fsp3) is 0.581. The Hall–Kier alpha value is -3.33. The monoisotopic (exact) mass is 544 g/mol. The summed E-state index contributed by atoms with van der Waals surface area (Å²) >= 11 is 0. The van der Waals surface area contributed by atoms with E-state index in [1.54, 1.807) is 6.20 Å². The van der Waals surface area contributed by atoms with E-state index in [1.165, 1.54) is 31.2 Å². The molecule has 0 N–H and O–H groups in total. The van der Waals surface area contributed by atoms with Gasteiger partial charge in [-0.15, -0.1) is 5.10 Å². The fourth-order valence-corrected chi connectivity index (χ4v) is 7.56. The summed E-state index contributed by atoms with van der Waals surface area (Å²) in [6.45, 7) is 8.86. The van der Waals surface area contributed by atoms with Crippen molar-refractivity contribution in [2.75, 3.05) is 57.5 Å². The van der Waals surface area contributed by atoms with Gasteiger partial charge < -0.3 is 24.2 Å². The van der Waals surface area contributed by atoms with Crippen molar-refractivity contribution in [2.45, 2.75) is 39.0 Å². The Morgan fingerprint density at radius 1 is 1.02 bits per heavy atom. The Morgan fingerprint density at radius 3 is 2.77 bits per heavy atom. The van der Waals surface area contributed by atoms with E-state index >= 15 is 0 Å². The molecule has 0 spiro atoms. The van der Waals surface area contributed by atoms with Crippen molar-refractivity contribution in [2.24, 2.45) is 23.7 Å². The molecule has 9 heteroatoms. The number of anilines is 1. The summed E-state index contributed by atoms with van der Waals surface area (Å²) in [5.74, 6) is 4.81. The van der Waals surface area contributed by atoms with Gasteiger partial charge >= 0.3 is 0 Å². The van der Waals surface area contributed by atoms with Crippen molar-refractivity contribution in [3.8, 4) is 11.5 Å². The number of carbonyl (C=O) groups excluding carboxylic acids is 1. The number of aromatic nitrogens is 3. The maximum Gasteiger partial charge on any atom is 0.231 e. The standard InChI is InChI=1S/C31H40N6O3/c1-22(16-23-6-7-27-28(17-23)40-21-39-27)18-34-19-24-4-2-3-5-25(24)26(20-34)31(38)36-14-12-35(13-15-36)30-9-8-29-32-10-11-37(29)33-30/h6-11,17,22,24-26H,2-5,12-16,18-21H2,1H3. The topological polar surface area (TPSA) is 75.4 Å². The first-order valence-corrected chi connectivity index (χ1v) is 15.1. The van der Waals surface area contributed by atoms with E-state index in [9.17, 15) is 4.79 Å². The van der Waals surface area contributed by atoms with Crippen molar-refractivity contribution in [3.63, 3.8) is 0 Å². The second-order valence-corrected chi connectivity index (χ2v) is 12.3. The molecule has 4 unspecified atom stereocenters. The van der Waals surface area contributed by atoms with E-state index in [2.05, 4.69) is 38.7 Å². The minimum absolute atomic E-state index is 0.115. The van der Waals surface area contributed by atoms with Gasteiger partial charge in [-0.05, 0) is 66.8 Å². The van der Waals surface area contributed by atoms with E-state index in [0.29, 0.717) is 30.5 Å². The number of fused-ring (bicyclic) bond motifs is 3. The number of rotatable bonds is 6. The molecule has 212 valence electrons. The minimum atomic E-state index is 0.115. The quantitative estimate of drug-likeness (QED) is 0.468. The number of benzene rings is 1. The smallest absolute Gasteiger partial charge is 0.231 e. The molecule has 0 bridgehead atoms. The zero-order valence-electron chi connectivity index (χ0n) is 23.5. The molecule has 1 amide bonds. The first-order chi connectivity index (χ1) is 19.6. The van der Waals surface area contributed by atoms with Gasteiger partial charge in [0.25, 0.3) is 0 Å². The van der Waals surface area contributed by atoms with E-state index in [0.717, 1.165) is 75.2 Å². The Labute approximate surface area is 236 Å². The van der Waals surface area contributed by atoms with Crippen LogP contribution in [0.5, 0.6) is 11.5 Å². The summed E-state index contributed by atoms with van der Waals surface area (Å²) in [5, 5.41) is 4.71. The highest BCUT2D eigenvalue weighted by atomic mass is 16.7. The number of likely N-dealkylation sites (tertiary alicyclic amines) is 1. The first-order valence-electron chi connectivity index (χ1n) is 15.1. The molecule has 0 radical (unpaired) electrons. The molecule has 1 aliphatic carbocycles. The predicted molar refractivity (Wildman–Crippen MR) is 153 cm³/mol. The molecule has 9 nitrogen and oxygen atoms in total. The third-order valence-corrected chi connectivity index (χ3v) is 9.50. The number of ether oxygens (including phenoxy) is 2. The van der Waals surface area contributed by atoms with Crippen LogP contribution in [-0.2, 0) is 11.2 Å². The number of imidazole rings is 1. The van der Waals surface area contributed by atoms with Crippen LogP contribution in [0.3, 0.4) is 0 Å². The Morgan fingerprint density at radius 2 is 1.88 bits per heavy atom. The van der Waals surface area contributed by atoms with Gasteiger partial charge in [0, 0.05) is 58.2 Å². The average molecular weight is 545 g/mol. The Balaban J connectivity index is 0.988. The summed E-state index contributed by atoms with van der Waals surface area (Å²) in [4.78, 5) is 25.4. The van der Waals surface area contributed by atoms with Crippen LogP contribution in [-0.4, -0.2) is 82.9 Å². The molecule has 1 saturated carbocycles. The number of hydrogen-bond acceptors (Lipinski definition) is 7. The van der Waals surface area contributed by atoms with Crippen LogP contribution in [0, 0.1) is 23.7 Å². The normalized spacial score (nSPS) is 25.7.